The summed E-state index contributed by atoms with van der Waals surface area (Å²) in [6.45, 7) is 0. The standard InChI is InChI=1S/C16H13FN4OS/c17-12-3-1-5-14(9-12)21-8-7-19-16(21)23-11-15(22)20-13-4-2-6-18-10-13/h1-10H,11H2,(H,20,22). The Kier molecular flexibility index (Phi) is 4.68. The summed E-state index contributed by atoms with van der Waals surface area (Å²) in [5, 5.41) is 3.38. The number of anilines is 1. The van der Waals surface area contributed by atoms with Crippen LogP contribution < -0.4 is 5.32 Å². The molecule has 1 amide bonds. The van der Waals surface area contributed by atoms with Gasteiger partial charge in [0.2, 0.25) is 5.91 Å². The highest BCUT2D eigenvalue weighted by molar-refractivity contribution is 7.99. The minimum Gasteiger partial charge on any atom is -0.324 e. The smallest absolute Gasteiger partial charge is 0.234 e. The molecule has 3 rings (SSSR count). The number of nitrogens with zero attached hydrogens (tertiary/aromatic N) is 3. The van der Waals surface area contributed by atoms with Crippen LogP contribution in [0, 0.1) is 5.82 Å². The summed E-state index contributed by atoms with van der Waals surface area (Å²) in [6.07, 6.45) is 6.57. The number of nitrogens with one attached hydrogen (secondary N) is 1. The van der Waals surface area contributed by atoms with Gasteiger partial charge in [0.15, 0.2) is 5.16 Å². The van der Waals surface area contributed by atoms with E-state index in [-0.39, 0.29) is 17.5 Å². The molecule has 0 saturated carbocycles. The van der Waals surface area contributed by atoms with Crippen molar-refractivity contribution in [2.75, 3.05) is 11.1 Å². The van der Waals surface area contributed by atoms with Crippen LogP contribution in [-0.2, 0) is 4.79 Å². The number of benzene rings is 1. The first-order chi connectivity index (χ1) is 11.2. The van der Waals surface area contributed by atoms with Crippen molar-refractivity contribution >= 4 is 23.4 Å². The van der Waals surface area contributed by atoms with E-state index in [0.29, 0.717) is 16.5 Å². The van der Waals surface area contributed by atoms with E-state index in [1.807, 2.05) is 0 Å². The minimum absolute atomic E-state index is 0.156. The topological polar surface area (TPSA) is 59.8 Å². The van der Waals surface area contributed by atoms with Gasteiger partial charge in [0.25, 0.3) is 0 Å². The molecule has 2 heterocycles. The fraction of sp³-hybridized carbons (Fsp3) is 0.0625. The van der Waals surface area contributed by atoms with Crippen LogP contribution in [0.1, 0.15) is 0 Å². The Bertz CT molecular complexity index is 807. The average Bonchev–Trinajstić information content (AvgIpc) is 3.02. The van der Waals surface area contributed by atoms with Crippen molar-refractivity contribution in [3.8, 4) is 5.69 Å². The number of thioether (sulfide) groups is 1. The summed E-state index contributed by atoms with van der Waals surface area (Å²) in [5.74, 6) is -0.278. The van der Waals surface area contributed by atoms with E-state index >= 15 is 0 Å². The number of aromatic nitrogens is 3. The lowest BCUT2D eigenvalue weighted by molar-refractivity contribution is -0.113. The predicted octanol–water partition coefficient (Wildman–Crippen LogP) is 3.14. The Balaban J connectivity index is 1.65. The number of hydrogen-bond donors (Lipinski definition) is 1. The molecule has 0 fully saturated rings. The maximum Gasteiger partial charge on any atom is 0.234 e. The average molecular weight is 328 g/mol. The van der Waals surface area contributed by atoms with E-state index in [4.69, 9.17) is 0 Å². The van der Waals surface area contributed by atoms with Crippen LogP contribution in [0.25, 0.3) is 5.69 Å². The van der Waals surface area contributed by atoms with E-state index in [2.05, 4.69) is 15.3 Å². The van der Waals surface area contributed by atoms with Crippen LogP contribution >= 0.6 is 11.8 Å². The van der Waals surface area contributed by atoms with Crippen molar-refractivity contribution in [3.63, 3.8) is 0 Å². The highest BCUT2D eigenvalue weighted by Gasteiger charge is 2.10. The molecule has 0 bridgehead atoms. The molecule has 23 heavy (non-hydrogen) atoms. The van der Waals surface area contributed by atoms with Crippen molar-refractivity contribution in [2.24, 2.45) is 0 Å². The number of hydrogen-bond acceptors (Lipinski definition) is 4. The van der Waals surface area contributed by atoms with Crippen LogP contribution in [0.2, 0.25) is 0 Å². The van der Waals surface area contributed by atoms with Crippen molar-refractivity contribution < 1.29 is 9.18 Å². The van der Waals surface area contributed by atoms with Gasteiger partial charge >= 0.3 is 0 Å². The molecule has 0 aliphatic carbocycles. The zero-order chi connectivity index (χ0) is 16.1. The number of imidazole rings is 1. The number of pyridine rings is 1. The lowest BCUT2D eigenvalue weighted by Gasteiger charge is -2.08. The van der Waals surface area contributed by atoms with E-state index in [9.17, 15) is 9.18 Å². The molecule has 3 aromatic rings. The first-order valence-electron chi connectivity index (χ1n) is 6.84. The molecule has 0 atom stereocenters. The first kappa shape index (κ1) is 15.2. The molecular weight excluding hydrogens is 315 g/mol. The monoisotopic (exact) mass is 328 g/mol. The molecule has 5 nitrogen and oxygen atoms in total. The summed E-state index contributed by atoms with van der Waals surface area (Å²) in [4.78, 5) is 20.1. The van der Waals surface area contributed by atoms with Gasteiger partial charge in [0, 0.05) is 18.6 Å². The Labute approximate surface area is 136 Å². The molecule has 0 aliphatic heterocycles. The molecule has 0 saturated heterocycles. The van der Waals surface area contributed by atoms with Crippen LogP contribution in [-0.4, -0.2) is 26.2 Å². The van der Waals surface area contributed by atoms with E-state index < -0.39 is 0 Å². The Morgan fingerprint density at radius 2 is 2.17 bits per heavy atom. The fourth-order valence-corrected chi connectivity index (χ4v) is 2.76. The summed E-state index contributed by atoms with van der Waals surface area (Å²) >= 11 is 1.28. The van der Waals surface area contributed by atoms with Gasteiger partial charge < -0.3 is 5.32 Å². The molecule has 116 valence electrons. The normalized spacial score (nSPS) is 10.5. The van der Waals surface area contributed by atoms with Gasteiger partial charge in [-0.3, -0.25) is 14.3 Å². The fourth-order valence-electron chi connectivity index (χ4n) is 1.98. The molecule has 1 N–H and O–H groups in total. The van der Waals surface area contributed by atoms with Crippen molar-refractivity contribution in [1.82, 2.24) is 14.5 Å². The quantitative estimate of drug-likeness (QED) is 0.731. The maximum atomic E-state index is 13.3. The number of carbonyl (C=O) groups excluding carboxylic acids is 1. The molecule has 7 heteroatoms. The van der Waals surface area contributed by atoms with Gasteiger partial charge in [-0.05, 0) is 30.3 Å². The second-order valence-corrected chi connectivity index (χ2v) is 5.58. The molecule has 2 aromatic heterocycles. The van der Waals surface area contributed by atoms with Gasteiger partial charge in [0.1, 0.15) is 5.82 Å². The first-order valence-corrected chi connectivity index (χ1v) is 7.83. The van der Waals surface area contributed by atoms with Crippen molar-refractivity contribution in [2.45, 2.75) is 5.16 Å². The molecule has 1 aromatic carbocycles. The summed E-state index contributed by atoms with van der Waals surface area (Å²) < 4.78 is 15.1. The van der Waals surface area contributed by atoms with Gasteiger partial charge in [-0.2, -0.15) is 0 Å². The Morgan fingerprint density at radius 3 is 2.96 bits per heavy atom. The van der Waals surface area contributed by atoms with Gasteiger partial charge in [-0.15, -0.1) is 0 Å². The lowest BCUT2D eigenvalue weighted by atomic mass is 10.3. The third kappa shape index (κ3) is 3.95. The predicted molar refractivity (Wildman–Crippen MR) is 87.1 cm³/mol. The summed E-state index contributed by atoms with van der Waals surface area (Å²) in [5.41, 5.74) is 1.31. The van der Waals surface area contributed by atoms with Crippen molar-refractivity contribution in [1.29, 1.82) is 0 Å². The molecule has 0 unspecified atom stereocenters. The highest BCUT2D eigenvalue weighted by atomic mass is 32.2. The Hall–Kier alpha value is -2.67. The van der Waals surface area contributed by atoms with E-state index in [1.165, 1.54) is 23.9 Å². The van der Waals surface area contributed by atoms with Gasteiger partial charge in [-0.25, -0.2) is 9.37 Å². The van der Waals surface area contributed by atoms with Crippen LogP contribution in [0.15, 0.2) is 66.3 Å². The van der Waals surface area contributed by atoms with Crippen LogP contribution in [0.4, 0.5) is 10.1 Å². The number of carbonyl (C=O) groups is 1. The van der Waals surface area contributed by atoms with E-state index in [0.717, 1.165) is 0 Å². The van der Waals surface area contributed by atoms with E-state index in [1.54, 1.807) is 53.6 Å². The third-order valence-electron chi connectivity index (χ3n) is 2.97. The zero-order valence-corrected chi connectivity index (χ0v) is 12.8. The minimum atomic E-state index is -0.318. The highest BCUT2D eigenvalue weighted by Crippen LogP contribution is 2.21. The number of halogens is 1. The Morgan fingerprint density at radius 1 is 1.26 bits per heavy atom. The van der Waals surface area contributed by atoms with Gasteiger partial charge in [0.05, 0.1) is 23.3 Å². The zero-order valence-electron chi connectivity index (χ0n) is 12.0. The SMILES string of the molecule is O=C(CSc1nccn1-c1cccc(F)c1)Nc1cccnc1. The van der Waals surface area contributed by atoms with Crippen LogP contribution in [0.5, 0.6) is 0 Å². The molecule has 0 aliphatic rings. The second-order valence-electron chi connectivity index (χ2n) is 4.64. The lowest BCUT2D eigenvalue weighted by Crippen LogP contribution is -2.14. The maximum absolute atomic E-state index is 13.3. The molecule has 0 spiro atoms. The number of amides is 1. The van der Waals surface area contributed by atoms with Crippen molar-refractivity contribution in [3.05, 3.63) is 67.0 Å². The second kappa shape index (κ2) is 7.06. The largest absolute Gasteiger partial charge is 0.324 e. The molecular formula is C16H13FN4OS. The van der Waals surface area contributed by atoms with Crippen LogP contribution in [0.3, 0.4) is 0 Å². The van der Waals surface area contributed by atoms with Gasteiger partial charge in [-0.1, -0.05) is 17.8 Å². The molecule has 0 radical (unpaired) electrons. The third-order valence-corrected chi connectivity index (χ3v) is 3.94. The summed E-state index contributed by atoms with van der Waals surface area (Å²) in [6, 6.07) is 9.73. The summed E-state index contributed by atoms with van der Waals surface area (Å²) in [7, 11) is 0. The number of rotatable bonds is 5.